The Morgan fingerprint density at radius 3 is 2.76 bits per heavy atom. The van der Waals surface area contributed by atoms with Crippen LogP contribution in [-0.4, -0.2) is 40.6 Å². The van der Waals surface area contributed by atoms with Crippen molar-refractivity contribution in [2.24, 2.45) is 0 Å². The van der Waals surface area contributed by atoms with Gasteiger partial charge < -0.3 is 4.90 Å². The molecule has 2 aliphatic heterocycles. The number of nitrogens with one attached hydrogen (secondary N) is 1. The molecule has 2 fully saturated rings. The fourth-order valence-electron chi connectivity index (χ4n) is 2.77. The third-order valence-corrected chi connectivity index (χ3v) is 5.20. The van der Waals surface area contributed by atoms with E-state index in [1.54, 1.807) is 0 Å². The molecule has 0 saturated carbocycles. The van der Waals surface area contributed by atoms with Crippen molar-refractivity contribution in [2.75, 3.05) is 12.3 Å². The molecule has 0 aromatic carbocycles. The molecule has 0 radical (unpaired) electrons. The zero-order chi connectivity index (χ0) is 12.3. The molecule has 0 aromatic heterocycles. The van der Waals surface area contributed by atoms with Gasteiger partial charge in [0, 0.05) is 11.8 Å². The first-order valence-corrected chi connectivity index (χ1v) is 7.99. The van der Waals surface area contributed by atoms with Gasteiger partial charge in [-0.15, -0.1) is 0 Å². The molecule has 2 saturated heterocycles. The fourth-order valence-corrected chi connectivity index (χ4v) is 4.07. The molecule has 2 aliphatic rings. The summed E-state index contributed by atoms with van der Waals surface area (Å²) in [5.41, 5.74) is 0. The third-order valence-electron chi connectivity index (χ3n) is 3.82. The van der Waals surface area contributed by atoms with Crippen LogP contribution >= 0.6 is 11.8 Å². The molecule has 17 heavy (non-hydrogen) atoms. The molecule has 3 nitrogen and oxygen atoms in total. The number of carbonyl (C=O) groups excluding carboxylic acids is 1. The van der Waals surface area contributed by atoms with Crippen LogP contribution in [0.5, 0.6) is 0 Å². The first-order valence-electron chi connectivity index (χ1n) is 6.94. The van der Waals surface area contributed by atoms with E-state index in [1.165, 1.54) is 25.0 Å². The Morgan fingerprint density at radius 1 is 1.35 bits per heavy atom. The number of amides is 1. The predicted molar refractivity (Wildman–Crippen MR) is 73.1 cm³/mol. The molecular formula is C13H24N2OS. The van der Waals surface area contributed by atoms with Crippen LogP contribution in [0.4, 0.5) is 0 Å². The lowest BCUT2D eigenvalue weighted by Crippen LogP contribution is -2.41. The third kappa shape index (κ3) is 2.97. The summed E-state index contributed by atoms with van der Waals surface area (Å²) in [5, 5.41) is 4.11. The van der Waals surface area contributed by atoms with Gasteiger partial charge in [0.25, 0.3) is 0 Å². The van der Waals surface area contributed by atoms with Gasteiger partial charge in [-0.1, -0.05) is 20.3 Å². The summed E-state index contributed by atoms with van der Waals surface area (Å²) in [4.78, 5) is 14.3. The molecule has 0 aliphatic carbocycles. The van der Waals surface area contributed by atoms with E-state index in [0.29, 0.717) is 11.2 Å². The molecular weight excluding hydrogens is 232 g/mol. The lowest BCUT2D eigenvalue weighted by molar-refractivity contribution is -0.130. The van der Waals surface area contributed by atoms with Crippen molar-refractivity contribution in [1.29, 1.82) is 0 Å². The molecule has 1 N–H and O–H groups in total. The molecule has 1 amide bonds. The molecule has 0 bridgehead atoms. The quantitative estimate of drug-likeness (QED) is 0.837. The van der Waals surface area contributed by atoms with Crippen LogP contribution in [0.1, 0.15) is 46.0 Å². The first kappa shape index (κ1) is 13.2. The number of rotatable bonds is 4. The van der Waals surface area contributed by atoms with Gasteiger partial charge in [-0.2, -0.15) is 11.8 Å². The van der Waals surface area contributed by atoms with Crippen molar-refractivity contribution in [1.82, 2.24) is 10.2 Å². The lowest BCUT2D eigenvalue weighted by Gasteiger charge is -2.29. The second-order valence-corrected chi connectivity index (χ2v) is 6.44. The zero-order valence-corrected chi connectivity index (χ0v) is 11.8. The van der Waals surface area contributed by atoms with Gasteiger partial charge >= 0.3 is 0 Å². The van der Waals surface area contributed by atoms with Crippen LogP contribution in [-0.2, 0) is 4.79 Å². The monoisotopic (exact) mass is 256 g/mol. The number of hydrogen-bond donors (Lipinski definition) is 1. The maximum absolute atomic E-state index is 12.2. The molecule has 2 heterocycles. The topological polar surface area (TPSA) is 32.3 Å². The minimum atomic E-state index is 0.0635. The SMILES string of the molecule is CCC1NC(CC)N(CC2CCCCS2)C1=O. The Labute approximate surface area is 109 Å². The van der Waals surface area contributed by atoms with E-state index in [4.69, 9.17) is 0 Å². The lowest BCUT2D eigenvalue weighted by atomic mass is 10.1. The van der Waals surface area contributed by atoms with E-state index in [0.717, 1.165) is 19.4 Å². The van der Waals surface area contributed by atoms with Crippen molar-refractivity contribution in [3.8, 4) is 0 Å². The predicted octanol–water partition coefficient (Wildman–Crippen LogP) is 2.22. The van der Waals surface area contributed by atoms with Crippen LogP contribution in [0.25, 0.3) is 0 Å². The smallest absolute Gasteiger partial charge is 0.241 e. The maximum Gasteiger partial charge on any atom is 0.241 e. The minimum absolute atomic E-state index is 0.0635. The second-order valence-electron chi connectivity index (χ2n) is 5.03. The average molecular weight is 256 g/mol. The number of nitrogens with zero attached hydrogens (tertiary/aromatic N) is 1. The van der Waals surface area contributed by atoms with E-state index in [-0.39, 0.29) is 12.2 Å². The van der Waals surface area contributed by atoms with Gasteiger partial charge in [0.2, 0.25) is 5.91 Å². The van der Waals surface area contributed by atoms with Gasteiger partial charge in [0.15, 0.2) is 0 Å². The van der Waals surface area contributed by atoms with E-state index >= 15 is 0 Å². The molecule has 98 valence electrons. The fraction of sp³-hybridized carbons (Fsp3) is 0.923. The summed E-state index contributed by atoms with van der Waals surface area (Å²) in [6.45, 7) is 5.19. The Bertz CT molecular complexity index is 266. The average Bonchev–Trinajstić information content (AvgIpc) is 2.68. The van der Waals surface area contributed by atoms with Gasteiger partial charge in [-0.25, -0.2) is 0 Å². The van der Waals surface area contributed by atoms with E-state index < -0.39 is 0 Å². The summed E-state index contributed by atoms with van der Waals surface area (Å²) < 4.78 is 0. The van der Waals surface area contributed by atoms with Crippen molar-refractivity contribution in [3.63, 3.8) is 0 Å². The van der Waals surface area contributed by atoms with Gasteiger partial charge in [-0.05, 0) is 31.4 Å². The Kier molecular flexibility index (Phi) is 4.74. The van der Waals surface area contributed by atoms with Crippen molar-refractivity contribution < 1.29 is 4.79 Å². The highest BCUT2D eigenvalue weighted by Gasteiger charge is 2.37. The van der Waals surface area contributed by atoms with Crippen molar-refractivity contribution in [3.05, 3.63) is 0 Å². The van der Waals surface area contributed by atoms with Crippen LogP contribution < -0.4 is 5.32 Å². The highest BCUT2D eigenvalue weighted by molar-refractivity contribution is 7.99. The van der Waals surface area contributed by atoms with Gasteiger partial charge in [-0.3, -0.25) is 10.1 Å². The molecule has 0 aromatic rings. The number of carbonyl (C=O) groups is 1. The minimum Gasteiger partial charge on any atom is -0.325 e. The molecule has 4 heteroatoms. The molecule has 2 rings (SSSR count). The second kappa shape index (κ2) is 6.10. The Balaban J connectivity index is 1.94. The maximum atomic E-state index is 12.2. The largest absolute Gasteiger partial charge is 0.325 e. The van der Waals surface area contributed by atoms with Crippen molar-refractivity contribution in [2.45, 2.75) is 63.4 Å². The number of thioether (sulfide) groups is 1. The van der Waals surface area contributed by atoms with E-state index in [2.05, 4.69) is 35.8 Å². The molecule has 3 atom stereocenters. The summed E-state index contributed by atoms with van der Waals surface area (Å²) in [5.74, 6) is 1.60. The molecule has 0 spiro atoms. The summed E-state index contributed by atoms with van der Waals surface area (Å²) in [6.07, 6.45) is 6.16. The van der Waals surface area contributed by atoms with E-state index in [1.807, 2.05) is 0 Å². The van der Waals surface area contributed by atoms with Crippen LogP contribution in [0.15, 0.2) is 0 Å². The standard InChI is InChI=1S/C13H24N2OS/c1-3-11-13(16)15(12(4-2)14-11)9-10-7-5-6-8-17-10/h10-12,14H,3-9H2,1-2H3. The zero-order valence-electron chi connectivity index (χ0n) is 10.9. The van der Waals surface area contributed by atoms with Crippen LogP contribution in [0.3, 0.4) is 0 Å². The van der Waals surface area contributed by atoms with E-state index in [9.17, 15) is 4.79 Å². The highest BCUT2D eigenvalue weighted by Crippen LogP contribution is 2.27. The summed E-state index contributed by atoms with van der Waals surface area (Å²) >= 11 is 2.05. The molecule has 3 unspecified atom stereocenters. The normalized spacial score (nSPS) is 34.4. The Hall–Kier alpha value is -0.220. The van der Waals surface area contributed by atoms with Crippen LogP contribution in [0, 0.1) is 0 Å². The van der Waals surface area contributed by atoms with Gasteiger partial charge in [0.05, 0.1) is 12.2 Å². The van der Waals surface area contributed by atoms with Crippen LogP contribution in [0.2, 0.25) is 0 Å². The van der Waals surface area contributed by atoms with Gasteiger partial charge in [0.1, 0.15) is 0 Å². The summed E-state index contributed by atoms with van der Waals surface area (Å²) in [7, 11) is 0. The highest BCUT2D eigenvalue weighted by atomic mass is 32.2. The first-order chi connectivity index (χ1) is 8.26. The summed E-state index contributed by atoms with van der Waals surface area (Å²) in [6, 6.07) is 0.0635. The Morgan fingerprint density at radius 2 is 2.18 bits per heavy atom. The van der Waals surface area contributed by atoms with Crippen molar-refractivity contribution >= 4 is 17.7 Å². The number of hydrogen-bond acceptors (Lipinski definition) is 3.